The molecule has 114 valence electrons. The summed E-state index contributed by atoms with van der Waals surface area (Å²) < 4.78 is 26.2. The zero-order valence-corrected chi connectivity index (χ0v) is 12.7. The molecule has 3 N–H and O–H groups in total. The van der Waals surface area contributed by atoms with Crippen LogP contribution in [0.25, 0.3) is 0 Å². The average Bonchev–Trinajstić information content (AvgIpc) is 2.87. The molecule has 1 rings (SSSR count). The first-order valence-corrected chi connectivity index (χ1v) is 8.56. The van der Waals surface area contributed by atoms with E-state index in [4.69, 9.17) is 10.2 Å². The van der Waals surface area contributed by atoms with Crippen LogP contribution < -0.4 is 4.72 Å². The number of nitrogens with one attached hydrogen (secondary N) is 1. The number of aromatic nitrogens is 1. The minimum absolute atomic E-state index is 0.00662. The summed E-state index contributed by atoms with van der Waals surface area (Å²) in [5, 5.41) is 17.8. The fourth-order valence-electron chi connectivity index (χ4n) is 1.80. The fourth-order valence-corrected chi connectivity index (χ4v) is 4.10. The lowest BCUT2D eigenvalue weighted by molar-refractivity contribution is 0.0687. The lowest BCUT2D eigenvalue weighted by atomic mass is 10.0. The van der Waals surface area contributed by atoms with Crippen LogP contribution in [0.5, 0.6) is 0 Å². The van der Waals surface area contributed by atoms with Gasteiger partial charge in [0.2, 0.25) is 0 Å². The number of hydrogen-bond donors (Lipinski definition) is 3. The molecule has 20 heavy (non-hydrogen) atoms. The largest absolute Gasteiger partial charge is 0.476 e. The molecular weight excluding hydrogens is 304 g/mol. The molecule has 0 aliphatic rings. The Hall–Kier alpha value is -1.03. The van der Waals surface area contributed by atoms with Gasteiger partial charge < -0.3 is 10.2 Å². The summed E-state index contributed by atoms with van der Waals surface area (Å²) in [6.07, 6.45) is 2.18. The molecule has 1 unspecified atom stereocenters. The minimum Gasteiger partial charge on any atom is -0.476 e. The van der Waals surface area contributed by atoms with Gasteiger partial charge in [-0.15, -0.1) is 11.3 Å². The van der Waals surface area contributed by atoms with Crippen LogP contribution in [0.1, 0.15) is 36.7 Å². The lowest BCUT2D eigenvalue weighted by Crippen LogP contribution is -2.30. The minimum atomic E-state index is -3.88. The van der Waals surface area contributed by atoms with Crippen molar-refractivity contribution >= 4 is 27.3 Å². The van der Waals surface area contributed by atoms with Crippen LogP contribution in [-0.2, 0) is 10.0 Å². The smallest absolute Gasteiger partial charge is 0.356 e. The molecule has 0 aliphatic carbocycles. The number of aromatic carboxylic acids is 1. The van der Waals surface area contributed by atoms with Crippen LogP contribution in [0.3, 0.4) is 0 Å². The maximum Gasteiger partial charge on any atom is 0.356 e. The molecule has 0 aliphatic heterocycles. The van der Waals surface area contributed by atoms with E-state index >= 15 is 0 Å². The third kappa shape index (κ3) is 4.51. The highest BCUT2D eigenvalue weighted by Gasteiger charge is 2.26. The predicted molar refractivity (Wildman–Crippen MR) is 74.4 cm³/mol. The average molecular weight is 322 g/mol. The standard InChI is InChI=1S/C11H18N2O5S2/c1-2-3-8(4-5-14)6-13-20(17,18)11-9(10(15)16)12-7-19-11/h7-8,13-14H,2-6H2,1H3,(H,15,16). The molecule has 0 saturated heterocycles. The summed E-state index contributed by atoms with van der Waals surface area (Å²) in [4.78, 5) is 14.4. The highest BCUT2D eigenvalue weighted by atomic mass is 32.2. The van der Waals surface area contributed by atoms with Crippen molar-refractivity contribution in [2.24, 2.45) is 5.92 Å². The molecule has 9 heteroatoms. The topological polar surface area (TPSA) is 117 Å². The molecule has 7 nitrogen and oxygen atoms in total. The van der Waals surface area contributed by atoms with Crippen LogP contribution in [-0.4, -0.2) is 42.7 Å². The lowest BCUT2D eigenvalue weighted by Gasteiger charge is -2.15. The van der Waals surface area contributed by atoms with Gasteiger partial charge in [0.15, 0.2) is 9.90 Å². The Morgan fingerprint density at radius 3 is 2.75 bits per heavy atom. The Balaban J connectivity index is 2.79. The summed E-state index contributed by atoms with van der Waals surface area (Å²) in [6.45, 7) is 2.14. The highest BCUT2D eigenvalue weighted by molar-refractivity contribution is 7.91. The molecule has 0 bridgehead atoms. The van der Waals surface area contributed by atoms with E-state index in [0.717, 1.165) is 24.2 Å². The van der Waals surface area contributed by atoms with E-state index in [-0.39, 0.29) is 23.3 Å². The predicted octanol–water partition coefficient (Wildman–Crippen LogP) is 0.918. The molecule has 1 aromatic rings. The summed E-state index contributed by atoms with van der Waals surface area (Å²) in [5.74, 6) is -1.34. The number of aliphatic hydroxyl groups excluding tert-OH is 1. The van der Waals surface area contributed by atoms with Crippen LogP contribution in [0.15, 0.2) is 9.72 Å². The Morgan fingerprint density at radius 2 is 2.20 bits per heavy atom. The van der Waals surface area contributed by atoms with Crippen molar-refractivity contribution in [3.63, 3.8) is 0 Å². The second-order valence-corrected chi connectivity index (χ2v) is 7.13. The maximum atomic E-state index is 12.1. The molecule has 1 heterocycles. The fraction of sp³-hybridized carbons (Fsp3) is 0.636. The van der Waals surface area contributed by atoms with Crippen molar-refractivity contribution in [3.8, 4) is 0 Å². The number of sulfonamides is 1. The van der Waals surface area contributed by atoms with Crippen LogP contribution >= 0.6 is 11.3 Å². The van der Waals surface area contributed by atoms with Crippen LogP contribution in [0.2, 0.25) is 0 Å². The van der Waals surface area contributed by atoms with E-state index in [0.29, 0.717) is 6.42 Å². The number of rotatable bonds is 9. The molecule has 0 spiro atoms. The molecule has 1 atom stereocenters. The molecule has 0 aromatic carbocycles. The van der Waals surface area contributed by atoms with Gasteiger partial charge in [-0.25, -0.2) is 22.9 Å². The highest BCUT2D eigenvalue weighted by Crippen LogP contribution is 2.20. The van der Waals surface area contributed by atoms with Crippen molar-refractivity contribution in [1.29, 1.82) is 0 Å². The molecule has 0 saturated carbocycles. The summed E-state index contributed by atoms with van der Waals surface area (Å²) >= 11 is 0.771. The second-order valence-electron chi connectivity index (χ2n) is 4.31. The first-order chi connectivity index (χ1) is 9.42. The van der Waals surface area contributed by atoms with Crippen molar-refractivity contribution in [3.05, 3.63) is 11.2 Å². The third-order valence-electron chi connectivity index (χ3n) is 2.78. The van der Waals surface area contributed by atoms with E-state index in [1.54, 1.807) is 0 Å². The number of nitrogens with zero attached hydrogens (tertiary/aromatic N) is 1. The van der Waals surface area contributed by atoms with Crippen molar-refractivity contribution in [2.75, 3.05) is 13.2 Å². The zero-order valence-electron chi connectivity index (χ0n) is 11.1. The number of carboxylic acids is 1. The number of carbonyl (C=O) groups is 1. The van der Waals surface area contributed by atoms with Gasteiger partial charge in [-0.1, -0.05) is 13.3 Å². The summed E-state index contributed by atoms with van der Waals surface area (Å²) in [6, 6.07) is 0. The third-order valence-corrected chi connectivity index (χ3v) is 5.57. The quantitative estimate of drug-likeness (QED) is 0.622. The Bertz CT molecular complexity index is 535. The maximum absolute atomic E-state index is 12.1. The van der Waals surface area contributed by atoms with Gasteiger partial charge in [0.05, 0.1) is 5.51 Å². The van der Waals surface area contributed by atoms with Crippen molar-refractivity contribution < 1.29 is 23.4 Å². The number of thiazole rings is 1. The number of aliphatic hydroxyl groups is 1. The van der Waals surface area contributed by atoms with Gasteiger partial charge in [-0.2, -0.15) is 0 Å². The van der Waals surface area contributed by atoms with E-state index in [9.17, 15) is 13.2 Å². The molecule has 0 radical (unpaired) electrons. The number of hydrogen-bond acceptors (Lipinski definition) is 6. The first kappa shape index (κ1) is 17.0. The van der Waals surface area contributed by atoms with Gasteiger partial charge in [0.1, 0.15) is 0 Å². The Labute approximate surface area is 121 Å². The SMILES string of the molecule is CCCC(CCO)CNS(=O)(=O)c1scnc1C(=O)O. The second kappa shape index (κ2) is 7.67. The van der Waals surface area contributed by atoms with Gasteiger partial charge >= 0.3 is 5.97 Å². The molecular formula is C11H18N2O5S2. The van der Waals surface area contributed by atoms with Gasteiger partial charge in [0.25, 0.3) is 10.0 Å². The van der Waals surface area contributed by atoms with Gasteiger partial charge in [-0.05, 0) is 18.8 Å². The van der Waals surface area contributed by atoms with E-state index in [1.165, 1.54) is 5.51 Å². The monoisotopic (exact) mass is 322 g/mol. The summed E-state index contributed by atoms with van der Waals surface area (Å²) in [5.41, 5.74) is 0.728. The van der Waals surface area contributed by atoms with Crippen LogP contribution in [0, 0.1) is 5.92 Å². The Morgan fingerprint density at radius 1 is 1.50 bits per heavy atom. The van der Waals surface area contributed by atoms with Crippen LogP contribution in [0.4, 0.5) is 0 Å². The molecule has 1 aromatic heterocycles. The first-order valence-electron chi connectivity index (χ1n) is 6.19. The molecule has 0 fully saturated rings. The molecule has 0 amide bonds. The summed E-state index contributed by atoms with van der Waals surface area (Å²) in [7, 11) is -3.88. The number of carboxylic acid groups (broad SMARTS) is 1. The van der Waals surface area contributed by atoms with Crippen molar-refractivity contribution in [2.45, 2.75) is 30.4 Å². The van der Waals surface area contributed by atoms with Crippen molar-refractivity contribution in [1.82, 2.24) is 9.71 Å². The normalized spacial score (nSPS) is 13.3. The van der Waals surface area contributed by atoms with Gasteiger partial charge in [-0.3, -0.25) is 0 Å². The zero-order chi connectivity index (χ0) is 15.2. The van der Waals surface area contributed by atoms with Gasteiger partial charge in [0, 0.05) is 13.2 Å². The Kier molecular flexibility index (Phi) is 6.53. The van der Waals surface area contributed by atoms with E-state index < -0.39 is 21.7 Å². The van der Waals surface area contributed by atoms with E-state index in [2.05, 4.69) is 9.71 Å². The van der Waals surface area contributed by atoms with E-state index in [1.807, 2.05) is 6.92 Å².